The number of halogens is 2. The van der Waals surface area contributed by atoms with Gasteiger partial charge in [0.05, 0.1) is 6.54 Å². The molecule has 0 radical (unpaired) electrons. The first-order valence-electron chi connectivity index (χ1n) is 7.43. The van der Waals surface area contributed by atoms with E-state index >= 15 is 0 Å². The van der Waals surface area contributed by atoms with Crippen LogP contribution in [0, 0.1) is 32.4 Å². The molecule has 0 aliphatic rings. The van der Waals surface area contributed by atoms with Crippen LogP contribution >= 0.6 is 0 Å². The number of carbonyl (C=O) groups is 1. The monoisotopic (exact) mass is 368 g/mol. The number of benzene rings is 2. The lowest BCUT2D eigenvalue weighted by Gasteiger charge is -2.13. The second-order valence-electron chi connectivity index (χ2n) is 5.70. The smallest absolute Gasteiger partial charge is 0.246 e. The molecule has 0 saturated carbocycles. The van der Waals surface area contributed by atoms with Gasteiger partial charge in [-0.2, -0.15) is 0 Å². The highest BCUT2D eigenvalue weighted by atomic mass is 32.2. The van der Waals surface area contributed by atoms with Gasteiger partial charge < -0.3 is 5.32 Å². The van der Waals surface area contributed by atoms with Gasteiger partial charge in [0, 0.05) is 5.69 Å². The molecule has 0 unspecified atom stereocenters. The Kier molecular flexibility index (Phi) is 5.54. The Balaban J connectivity index is 2.12. The van der Waals surface area contributed by atoms with Crippen LogP contribution in [-0.2, 0) is 14.8 Å². The normalized spacial score (nSPS) is 11.4. The van der Waals surface area contributed by atoms with Gasteiger partial charge >= 0.3 is 0 Å². The number of hydrogen-bond acceptors (Lipinski definition) is 3. The first-order chi connectivity index (χ1) is 11.6. The van der Waals surface area contributed by atoms with Gasteiger partial charge in [0.15, 0.2) is 4.90 Å². The lowest BCUT2D eigenvalue weighted by atomic mass is 10.1. The zero-order valence-electron chi connectivity index (χ0n) is 14.0. The Hall–Kier alpha value is -2.32. The van der Waals surface area contributed by atoms with E-state index in [1.165, 1.54) is 0 Å². The van der Waals surface area contributed by atoms with Crippen LogP contribution in [0.4, 0.5) is 14.5 Å². The highest BCUT2D eigenvalue weighted by Crippen LogP contribution is 2.22. The van der Waals surface area contributed by atoms with Gasteiger partial charge in [-0.25, -0.2) is 21.9 Å². The summed E-state index contributed by atoms with van der Waals surface area (Å²) in [4.78, 5) is 10.9. The third kappa shape index (κ3) is 4.40. The van der Waals surface area contributed by atoms with E-state index in [4.69, 9.17) is 0 Å². The van der Waals surface area contributed by atoms with Crippen molar-refractivity contribution in [1.29, 1.82) is 0 Å². The van der Waals surface area contributed by atoms with Crippen molar-refractivity contribution in [2.75, 3.05) is 11.9 Å². The number of sulfonamides is 1. The average molecular weight is 368 g/mol. The van der Waals surface area contributed by atoms with Crippen molar-refractivity contribution in [3.05, 3.63) is 58.7 Å². The molecule has 2 rings (SSSR count). The van der Waals surface area contributed by atoms with Crippen molar-refractivity contribution in [2.24, 2.45) is 0 Å². The van der Waals surface area contributed by atoms with E-state index in [1.807, 2.05) is 37.6 Å². The Labute approximate surface area is 145 Å². The first-order valence-corrected chi connectivity index (χ1v) is 8.91. The van der Waals surface area contributed by atoms with Gasteiger partial charge in [-0.1, -0.05) is 23.8 Å². The summed E-state index contributed by atoms with van der Waals surface area (Å²) in [6.45, 7) is 4.90. The number of nitrogens with one attached hydrogen (secondary N) is 2. The molecule has 0 heterocycles. The Bertz CT molecular complexity index is 884. The van der Waals surface area contributed by atoms with E-state index in [9.17, 15) is 22.0 Å². The molecule has 0 spiro atoms. The van der Waals surface area contributed by atoms with Crippen molar-refractivity contribution in [2.45, 2.75) is 25.7 Å². The second-order valence-corrected chi connectivity index (χ2v) is 7.40. The molecule has 0 aliphatic carbocycles. The molecule has 134 valence electrons. The Morgan fingerprint density at radius 3 is 2.08 bits per heavy atom. The maximum atomic E-state index is 13.6. The summed E-state index contributed by atoms with van der Waals surface area (Å²) < 4.78 is 53.2. The number of hydrogen-bond donors (Lipinski definition) is 2. The SMILES string of the molecule is Cc1cc(C)c(NC(=O)CNS(=O)(=O)c2c(F)cccc2F)c(C)c1. The fourth-order valence-corrected chi connectivity index (χ4v) is 3.65. The van der Waals surface area contributed by atoms with Crippen LogP contribution in [0.5, 0.6) is 0 Å². The molecular weight excluding hydrogens is 350 g/mol. The number of aryl methyl sites for hydroxylation is 3. The first kappa shape index (κ1) is 19.0. The summed E-state index contributed by atoms with van der Waals surface area (Å²) in [5, 5.41) is 2.61. The Morgan fingerprint density at radius 2 is 1.56 bits per heavy atom. The fraction of sp³-hybridized carbons (Fsp3) is 0.235. The molecule has 2 N–H and O–H groups in total. The zero-order valence-corrected chi connectivity index (χ0v) is 14.8. The van der Waals surface area contributed by atoms with Crippen LogP contribution in [0.3, 0.4) is 0 Å². The lowest BCUT2D eigenvalue weighted by Crippen LogP contribution is -2.34. The van der Waals surface area contributed by atoms with Crippen LogP contribution in [0.25, 0.3) is 0 Å². The average Bonchev–Trinajstić information content (AvgIpc) is 2.48. The quantitative estimate of drug-likeness (QED) is 0.852. The van der Waals surface area contributed by atoms with E-state index in [-0.39, 0.29) is 0 Å². The van der Waals surface area contributed by atoms with Crippen molar-refractivity contribution < 1.29 is 22.0 Å². The number of carbonyl (C=O) groups excluding carboxylic acids is 1. The van der Waals surface area contributed by atoms with Gasteiger partial charge in [-0.3, -0.25) is 4.79 Å². The van der Waals surface area contributed by atoms with Crippen LogP contribution in [0.15, 0.2) is 35.2 Å². The van der Waals surface area contributed by atoms with Crippen LogP contribution in [-0.4, -0.2) is 20.9 Å². The maximum absolute atomic E-state index is 13.6. The van der Waals surface area contributed by atoms with Crippen LogP contribution in [0.2, 0.25) is 0 Å². The molecule has 0 fully saturated rings. The van der Waals surface area contributed by atoms with E-state index in [1.54, 1.807) is 0 Å². The van der Waals surface area contributed by atoms with Gasteiger partial charge in [0.2, 0.25) is 15.9 Å². The van der Waals surface area contributed by atoms with E-state index in [0.29, 0.717) is 5.69 Å². The highest BCUT2D eigenvalue weighted by Gasteiger charge is 2.24. The van der Waals surface area contributed by atoms with E-state index < -0.39 is 39.0 Å². The summed E-state index contributed by atoms with van der Waals surface area (Å²) in [6.07, 6.45) is 0. The lowest BCUT2D eigenvalue weighted by molar-refractivity contribution is -0.115. The topological polar surface area (TPSA) is 75.3 Å². The fourth-order valence-electron chi connectivity index (χ4n) is 2.53. The summed E-state index contributed by atoms with van der Waals surface area (Å²) in [6, 6.07) is 6.47. The highest BCUT2D eigenvalue weighted by molar-refractivity contribution is 7.89. The summed E-state index contributed by atoms with van der Waals surface area (Å²) in [5.74, 6) is -3.09. The van der Waals surface area contributed by atoms with Crippen molar-refractivity contribution in [3.63, 3.8) is 0 Å². The third-order valence-electron chi connectivity index (χ3n) is 3.55. The van der Waals surface area contributed by atoms with Crippen molar-refractivity contribution in [1.82, 2.24) is 4.72 Å². The molecule has 8 heteroatoms. The van der Waals surface area contributed by atoms with Crippen molar-refractivity contribution in [3.8, 4) is 0 Å². The minimum Gasteiger partial charge on any atom is -0.324 e. The molecule has 25 heavy (non-hydrogen) atoms. The predicted molar refractivity (Wildman–Crippen MR) is 90.8 cm³/mol. The maximum Gasteiger partial charge on any atom is 0.246 e. The van der Waals surface area contributed by atoms with Crippen molar-refractivity contribution >= 4 is 21.6 Å². The number of rotatable bonds is 5. The van der Waals surface area contributed by atoms with E-state index in [0.717, 1.165) is 34.9 Å². The number of anilines is 1. The van der Waals surface area contributed by atoms with Gasteiger partial charge in [-0.15, -0.1) is 0 Å². The third-order valence-corrected chi connectivity index (χ3v) is 5.00. The largest absolute Gasteiger partial charge is 0.324 e. The minimum absolute atomic E-state index is 0.576. The minimum atomic E-state index is -4.50. The van der Waals surface area contributed by atoms with Gasteiger partial charge in [0.1, 0.15) is 11.6 Å². The standard InChI is InChI=1S/C17H18F2N2O3S/c1-10-7-11(2)16(12(3)8-10)21-15(22)9-20-25(23,24)17-13(18)5-4-6-14(17)19/h4-8,20H,9H2,1-3H3,(H,21,22). The Morgan fingerprint density at radius 1 is 1.04 bits per heavy atom. The van der Waals surface area contributed by atoms with Crippen LogP contribution in [0.1, 0.15) is 16.7 Å². The molecule has 5 nitrogen and oxygen atoms in total. The molecule has 2 aromatic carbocycles. The second kappa shape index (κ2) is 7.28. The molecule has 0 atom stereocenters. The zero-order chi connectivity index (χ0) is 18.8. The van der Waals surface area contributed by atoms with Gasteiger partial charge in [0.25, 0.3) is 0 Å². The van der Waals surface area contributed by atoms with E-state index in [2.05, 4.69) is 5.32 Å². The summed E-state index contributed by atoms with van der Waals surface area (Å²) in [5.41, 5.74) is 3.26. The molecular formula is C17H18F2N2O3S. The predicted octanol–water partition coefficient (Wildman–Crippen LogP) is 2.81. The molecule has 0 aliphatic heterocycles. The number of amides is 1. The molecule has 1 amide bonds. The van der Waals surface area contributed by atoms with Crippen LogP contribution < -0.4 is 10.0 Å². The summed E-state index contributed by atoms with van der Waals surface area (Å²) in [7, 11) is -4.50. The molecule has 0 aromatic heterocycles. The summed E-state index contributed by atoms with van der Waals surface area (Å²) >= 11 is 0. The van der Waals surface area contributed by atoms with Gasteiger partial charge in [-0.05, 0) is 44.0 Å². The molecule has 0 saturated heterocycles. The molecule has 0 bridgehead atoms. The molecule has 2 aromatic rings.